The number of nitrogens with zero attached hydrogens (tertiary/aromatic N) is 4. The fourth-order valence-electron chi connectivity index (χ4n) is 2.39. The van der Waals surface area contributed by atoms with Crippen LogP contribution in [-0.2, 0) is 4.74 Å². The molecule has 0 radical (unpaired) electrons. The molecule has 116 valence electrons. The monoisotopic (exact) mass is 311 g/mol. The van der Waals surface area contributed by atoms with Crippen molar-refractivity contribution in [2.24, 2.45) is 5.92 Å². The molecule has 0 amide bonds. The maximum Gasteiger partial charge on any atom is 0.231 e. The van der Waals surface area contributed by atoms with Crippen LogP contribution in [0.4, 0.5) is 11.9 Å². The van der Waals surface area contributed by atoms with Crippen LogP contribution in [0.15, 0.2) is 0 Å². The molecule has 6 nitrogen and oxygen atoms in total. The Balaban J connectivity index is 1.43. The number of rotatable bonds is 8. The summed E-state index contributed by atoms with van der Waals surface area (Å²) >= 11 is 5.98. The first-order chi connectivity index (χ1) is 10.3. The van der Waals surface area contributed by atoms with Crippen molar-refractivity contribution in [3.05, 3.63) is 5.28 Å². The molecule has 0 atom stereocenters. The number of aromatic nitrogens is 3. The largest absolute Gasteiger partial charge is 0.381 e. The summed E-state index contributed by atoms with van der Waals surface area (Å²) in [7, 11) is 0. The van der Waals surface area contributed by atoms with Crippen LogP contribution < -0.4 is 10.2 Å². The van der Waals surface area contributed by atoms with E-state index in [0.717, 1.165) is 45.2 Å². The minimum atomic E-state index is 0.249. The third kappa shape index (κ3) is 4.68. The maximum absolute atomic E-state index is 5.98. The first-order valence-electron chi connectivity index (χ1n) is 7.79. The van der Waals surface area contributed by atoms with Crippen molar-refractivity contribution in [2.75, 3.05) is 43.1 Å². The van der Waals surface area contributed by atoms with Crippen LogP contribution in [0.5, 0.6) is 0 Å². The number of hydrogen-bond donors (Lipinski definition) is 1. The van der Waals surface area contributed by atoms with Gasteiger partial charge in [0.05, 0.1) is 0 Å². The van der Waals surface area contributed by atoms with Gasteiger partial charge in [-0.15, -0.1) is 0 Å². The molecule has 0 spiro atoms. The Morgan fingerprint density at radius 1 is 1.19 bits per heavy atom. The van der Waals surface area contributed by atoms with E-state index in [1.807, 2.05) is 0 Å². The van der Waals surface area contributed by atoms with E-state index >= 15 is 0 Å². The lowest BCUT2D eigenvalue weighted by atomic mass is 10.4. The van der Waals surface area contributed by atoms with Crippen LogP contribution in [-0.4, -0.2) is 47.8 Å². The quantitative estimate of drug-likeness (QED) is 0.744. The average molecular weight is 312 g/mol. The zero-order valence-corrected chi connectivity index (χ0v) is 13.0. The lowest BCUT2D eigenvalue weighted by molar-refractivity contribution is 0.124. The number of ether oxygens (including phenoxy) is 1. The van der Waals surface area contributed by atoms with Crippen molar-refractivity contribution in [3.8, 4) is 0 Å². The molecule has 3 rings (SSSR count). The van der Waals surface area contributed by atoms with Crippen molar-refractivity contribution in [3.63, 3.8) is 0 Å². The molecular formula is C14H22ClN5O. The van der Waals surface area contributed by atoms with Gasteiger partial charge in [0.25, 0.3) is 0 Å². The Morgan fingerprint density at radius 2 is 2.00 bits per heavy atom. The second-order valence-electron chi connectivity index (χ2n) is 5.72. The molecule has 2 heterocycles. The highest BCUT2D eigenvalue weighted by atomic mass is 35.5. The van der Waals surface area contributed by atoms with E-state index in [9.17, 15) is 0 Å². The topological polar surface area (TPSA) is 63.2 Å². The molecule has 1 saturated carbocycles. The zero-order valence-electron chi connectivity index (χ0n) is 12.2. The van der Waals surface area contributed by atoms with Crippen molar-refractivity contribution < 1.29 is 4.74 Å². The Bertz CT molecular complexity index is 463. The number of nitrogens with one attached hydrogen (secondary N) is 1. The molecule has 1 aromatic heterocycles. The number of halogens is 1. The average Bonchev–Trinajstić information content (AvgIpc) is 3.13. The summed E-state index contributed by atoms with van der Waals surface area (Å²) in [6.07, 6.45) is 5.98. The first kappa shape index (κ1) is 14.8. The molecule has 2 fully saturated rings. The maximum atomic E-state index is 5.98. The SMILES string of the molecule is Clc1nc(NCCCOCC2CC2)nc(N2CCCC2)n1. The Kier molecular flexibility index (Phi) is 5.08. The van der Waals surface area contributed by atoms with Crippen LogP contribution in [0.1, 0.15) is 32.1 Å². The van der Waals surface area contributed by atoms with Gasteiger partial charge in [-0.2, -0.15) is 15.0 Å². The van der Waals surface area contributed by atoms with Gasteiger partial charge >= 0.3 is 0 Å². The Morgan fingerprint density at radius 3 is 2.76 bits per heavy atom. The molecule has 1 N–H and O–H groups in total. The van der Waals surface area contributed by atoms with Crippen molar-refractivity contribution >= 4 is 23.5 Å². The molecule has 0 bridgehead atoms. The molecule has 1 aliphatic carbocycles. The summed E-state index contributed by atoms with van der Waals surface area (Å²) in [5, 5.41) is 3.45. The van der Waals surface area contributed by atoms with Gasteiger partial charge in [-0.05, 0) is 49.6 Å². The fraction of sp³-hybridized carbons (Fsp3) is 0.786. The highest BCUT2D eigenvalue weighted by Crippen LogP contribution is 2.28. The fourth-order valence-corrected chi connectivity index (χ4v) is 2.54. The van der Waals surface area contributed by atoms with Crippen LogP contribution in [0, 0.1) is 5.92 Å². The molecule has 1 aromatic rings. The molecular weight excluding hydrogens is 290 g/mol. The van der Waals surface area contributed by atoms with Crippen molar-refractivity contribution in [1.82, 2.24) is 15.0 Å². The summed E-state index contributed by atoms with van der Waals surface area (Å²) in [4.78, 5) is 14.9. The van der Waals surface area contributed by atoms with Gasteiger partial charge in [-0.3, -0.25) is 0 Å². The zero-order chi connectivity index (χ0) is 14.5. The van der Waals surface area contributed by atoms with E-state index in [1.54, 1.807) is 0 Å². The number of hydrogen-bond acceptors (Lipinski definition) is 6. The van der Waals surface area contributed by atoms with E-state index in [4.69, 9.17) is 16.3 Å². The van der Waals surface area contributed by atoms with Gasteiger partial charge in [0.1, 0.15) is 0 Å². The minimum Gasteiger partial charge on any atom is -0.381 e. The van der Waals surface area contributed by atoms with E-state index in [0.29, 0.717) is 11.9 Å². The van der Waals surface area contributed by atoms with Gasteiger partial charge in [-0.25, -0.2) is 0 Å². The highest BCUT2D eigenvalue weighted by molar-refractivity contribution is 6.28. The first-order valence-corrected chi connectivity index (χ1v) is 8.17. The summed E-state index contributed by atoms with van der Waals surface area (Å²) in [5.74, 6) is 2.06. The van der Waals surface area contributed by atoms with Crippen LogP contribution in [0.3, 0.4) is 0 Å². The smallest absolute Gasteiger partial charge is 0.231 e. The molecule has 1 saturated heterocycles. The van der Waals surface area contributed by atoms with E-state index in [-0.39, 0.29) is 5.28 Å². The summed E-state index contributed by atoms with van der Waals surface area (Å²) in [5.41, 5.74) is 0. The summed E-state index contributed by atoms with van der Waals surface area (Å²) < 4.78 is 5.60. The molecule has 2 aliphatic rings. The molecule has 0 aromatic carbocycles. The second kappa shape index (κ2) is 7.22. The molecule has 1 aliphatic heterocycles. The number of anilines is 2. The standard InChI is InChI=1S/C14H22ClN5O/c15-12-17-13(16-6-3-9-21-10-11-4-5-11)19-14(18-12)20-7-1-2-8-20/h11H,1-10H2,(H,16,17,18,19). The van der Waals surface area contributed by atoms with Crippen molar-refractivity contribution in [1.29, 1.82) is 0 Å². The third-order valence-electron chi connectivity index (χ3n) is 3.78. The predicted octanol–water partition coefficient (Wildman–Crippen LogP) is 2.35. The minimum absolute atomic E-state index is 0.249. The van der Waals surface area contributed by atoms with Crippen molar-refractivity contribution in [2.45, 2.75) is 32.1 Å². The molecule has 7 heteroatoms. The van der Waals surface area contributed by atoms with Gasteiger partial charge in [0, 0.05) is 32.8 Å². The third-order valence-corrected chi connectivity index (χ3v) is 3.95. The summed E-state index contributed by atoms with van der Waals surface area (Å²) in [6, 6.07) is 0. The van der Waals surface area contributed by atoms with E-state index in [2.05, 4.69) is 25.2 Å². The van der Waals surface area contributed by atoms with Crippen LogP contribution in [0.2, 0.25) is 5.28 Å². The normalized spacial score (nSPS) is 18.2. The second-order valence-corrected chi connectivity index (χ2v) is 6.06. The van der Waals surface area contributed by atoms with E-state index in [1.165, 1.54) is 25.7 Å². The molecule has 21 heavy (non-hydrogen) atoms. The Hall–Kier alpha value is -1.14. The lowest BCUT2D eigenvalue weighted by Gasteiger charge is -2.15. The lowest BCUT2D eigenvalue weighted by Crippen LogP contribution is -2.21. The Labute approximate surface area is 130 Å². The van der Waals surface area contributed by atoms with Crippen LogP contribution in [0.25, 0.3) is 0 Å². The van der Waals surface area contributed by atoms with Gasteiger partial charge in [0.2, 0.25) is 17.2 Å². The predicted molar refractivity (Wildman–Crippen MR) is 82.9 cm³/mol. The van der Waals surface area contributed by atoms with Gasteiger partial charge < -0.3 is 15.0 Å². The molecule has 0 unspecified atom stereocenters. The highest BCUT2D eigenvalue weighted by Gasteiger charge is 2.20. The summed E-state index contributed by atoms with van der Waals surface area (Å²) in [6.45, 7) is 4.46. The van der Waals surface area contributed by atoms with E-state index < -0.39 is 0 Å². The van der Waals surface area contributed by atoms with Gasteiger partial charge in [-0.1, -0.05) is 0 Å². The van der Waals surface area contributed by atoms with Gasteiger partial charge in [0.15, 0.2) is 0 Å². The van der Waals surface area contributed by atoms with Crippen LogP contribution >= 0.6 is 11.6 Å².